The van der Waals surface area contributed by atoms with Crippen LogP contribution in [0.4, 0.5) is 5.69 Å². The summed E-state index contributed by atoms with van der Waals surface area (Å²) >= 11 is 3.16. The number of carbonyl (C=O) groups is 1. The van der Waals surface area contributed by atoms with Crippen LogP contribution in [0.5, 0.6) is 11.5 Å². The lowest BCUT2D eigenvalue weighted by atomic mass is 10.0. The van der Waals surface area contributed by atoms with Crippen LogP contribution in [0.1, 0.15) is 18.1 Å². The maximum absolute atomic E-state index is 12.7. The molecule has 0 aliphatic rings. The Morgan fingerprint density at radius 2 is 1.65 bits per heavy atom. The SMILES string of the molecule is CC(=O)Nc1ccc(S(=O)(=O)N/N=C(/c2ccccc2)c2cc(O)cc(Br)c2O)cc1. The van der Waals surface area contributed by atoms with E-state index in [4.69, 9.17) is 0 Å². The summed E-state index contributed by atoms with van der Waals surface area (Å²) in [5, 5.41) is 27.0. The lowest BCUT2D eigenvalue weighted by Gasteiger charge is -2.12. The molecular formula is C21H18BrN3O5S. The Labute approximate surface area is 187 Å². The number of rotatable bonds is 6. The Kier molecular flexibility index (Phi) is 6.62. The molecule has 160 valence electrons. The monoisotopic (exact) mass is 503 g/mol. The highest BCUT2D eigenvalue weighted by Gasteiger charge is 2.18. The molecule has 0 fully saturated rings. The zero-order chi connectivity index (χ0) is 22.6. The summed E-state index contributed by atoms with van der Waals surface area (Å²) in [6, 6.07) is 16.8. The second kappa shape index (κ2) is 9.19. The van der Waals surface area contributed by atoms with E-state index in [1.54, 1.807) is 30.3 Å². The van der Waals surface area contributed by atoms with Crippen LogP contribution in [0.3, 0.4) is 0 Å². The van der Waals surface area contributed by atoms with Crippen molar-refractivity contribution in [1.82, 2.24) is 4.83 Å². The number of carbonyl (C=O) groups excluding carboxylic acids is 1. The minimum Gasteiger partial charge on any atom is -0.508 e. The molecule has 0 atom stereocenters. The molecule has 0 saturated heterocycles. The summed E-state index contributed by atoms with van der Waals surface area (Å²) in [5.74, 6) is -0.623. The lowest BCUT2D eigenvalue weighted by Crippen LogP contribution is -2.21. The van der Waals surface area contributed by atoms with E-state index in [1.165, 1.54) is 43.3 Å². The van der Waals surface area contributed by atoms with Gasteiger partial charge in [-0.15, -0.1) is 0 Å². The Balaban J connectivity index is 2.01. The fourth-order valence-electron chi connectivity index (χ4n) is 2.72. The molecule has 31 heavy (non-hydrogen) atoms. The fraction of sp³-hybridized carbons (Fsp3) is 0.0476. The minimum atomic E-state index is -4.06. The van der Waals surface area contributed by atoms with Crippen molar-refractivity contribution in [2.24, 2.45) is 5.10 Å². The van der Waals surface area contributed by atoms with E-state index in [2.05, 4.69) is 31.2 Å². The lowest BCUT2D eigenvalue weighted by molar-refractivity contribution is -0.114. The third kappa shape index (κ3) is 5.41. The van der Waals surface area contributed by atoms with Gasteiger partial charge in [-0.05, 0) is 52.3 Å². The molecule has 10 heteroatoms. The second-order valence-electron chi connectivity index (χ2n) is 6.45. The largest absolute Gasteiger partial charge is 0.508 e. The van der Waals surface area contributed by atoms with Crippen LogP contribution in [0.2, 0.25) is 0 Å². The number of halogens is 1. The molecule has 3 aromatic rings. The predicted octanol–water partition coefficient (Wildman–Crippen LogP) is 3.55. The predicted molar refractivity (Wildman–Crippen MR) is 121 cm³/mol. The Bertz CT molecular complexity index is 1240. The summed E-state index contributed by atoms with van der Waals surface area (Å²) in [6.45, 7) is 1.35. The molecule has 0 aromatic heterocycles. The van der Waals surface area contributed by atoms with Crippen LogP contribution in [0, 0.1) is 0 Å². The van der Waals surface area contributed by atoms with Crippen molar-refractivity contribution in [2.45, 2.75) is 11.8 Å². The number of phenols is 2. The Hall–Kier alpha value is -3.37. The van der Waals surface area contributed by atoms with Gasteiger partial charge in [-0.25, -0.2) is 0 Å². The first kappa shape index (κ1) is 22.3. The number of anilines is 1. The normalized spacial score (nSPS) is 11.7. The van der Waals surface area contributed by atoms with Gasteiger partial charge in [-0.1, -0.05) is 30.3 Å². The third-order valence-corrected chi connectivity index (χ3v) is 5.94. The van der Waals surface area contributed by atoms with Crippen molar-refractivity contribution in [3.05, 3.63) is 82.3 Å². The number of hydrazone groups is 1. The summed E-state index contributed by atoms with van der Waals surface area (Å²) < 4.78 is 25.7. The Morgan fingerprint density at radius 1 is 1.00 bits per heavy atom. The van der Waals surface area contributed by atoms with Gasteiger partial charge in [0.25, 0.3) is 10.0 Å². The van der Waals surface area contributed by atoms with Gasteiger partial charge in [0.1, 0.15) is 17.2 Å². The number of hydrogen-bond acceptors (Lipinski definition) is 6. The second-order valence-corrected chi connectivity index (χ2v) is 8.97. The van der Waals surface area contributed by atoms with Gasteiger partial charge in [-0.3, -0.25) is 4.79 Å². The summed E-state index contributed by atoms with van der Waals surface area (Å²) in [5.41, 5.74) is 1.20. The molecule has 0 spiro atoms. The van der Waals surface area contributed by atoms with E-state index in [1.807, 2.05) is 0 Å². The van der Waals surface area contributed by atoms with Gasteiger partial charge < -0.3 is 15.5 Å². The molecule has 4 N–H and O–H groups in total. The first-order chi connectivity index (χ1) is 14.7. The number of benzene rings is 3. The van der Waals surface area contributed by atoms with Gasteiger partial charge in [0.05, 0.1) is 9.37 Å². The van der Waals surface area contributed by atoms with Crippen molar-refractivity contribution < 1.29 is 23.4 Å². The number of hydrogen-bond donors (Lipinski definition) is 4. The maximum Gasteiger partial charge on any atom is 0.276 e. The van der Waals surface area contributed by atoms with Crippen LogP contribution in [-0.2, 0) is 14.8 Å². The van der Waals surface area contributed by atoms with E-state index in [9.17, 15) is 23.4 Å². The van der Waals surface area contributed by atoms with E-state index in [0.717, 1.165) is 0 Å². The number of sulfonamides is 1. The van der Waals surface area contributed by atoms with Crippen LogP contribution < -0.4 is 10.1 Å². The molecule has 8 nitrogen and oxygen atoms in total. The smallest absolute Gasteiger partial charge is 0.276 e. The molecule has 0 aliphatic heterocycles. The quantitative estimate of drug-likeness (QED) is 0.232. The van der Waals surface area contributed by atoms with Gasteiger partial charge in [0.2, 0.25) is 5.91 Å². The highest BCUT2D eigenvalue weighted by molar-refractivity contribution is 9.10. The molecule has 0 unspecified atom stereocenters. The maximum atomic E-state index is 12.7. The number of nitrogens with zero attached hydrogens (tertiary/aromatic N) is 1. The third-order valence-electron chi connectivity index (χ3n) is 4.11. The zero-order valence-corrected chi connectivity index (χ0v) is 18.6. The molecule has 0 radical (unpaired) electrons. The van der Waals surface area contributed by atoms with Gasteiger partial charge in [-0.2, -0.15) is 18.4 Å². The number of phenolic OH excluding ortho intramolecular Hbond substituents is 2. The first-order valence-electron chi connectivity index (χ1n) is 8.92. The van der Waals surface area contributed by atoms with Crippen molar-refractivity contribution in [1.29, 1.82) is 0 Å². The Morgan fingerprint density at radius 3 is 2.26 bits per heavy atom. The van der Waals surface area contributed by atoms with Crippen LogP contribution in [0.15, 0.2) is 81.2 Å². The van der Waals surface area contributed by atoms with E-state index in [-0.39, 0.29) is 38.0 Å². The van der Waals surface area contributed by atoms with Gasteiger partial charge in [0.15, 0.2) is 0 Å². The van der Waals surface area contributed by atoms with Crippen molar-refractivity contribution >= 4 is 43.3 Å². The topological polar surface area (TPSA) is 128 Å². The van der Waals surface area contributed by atoms with Gasteiger partial charge in [0, 0.05) is 23.7 Å². The highest BCUT2D eigenvalue weighted by Crippen LogP contribution is 2.33. The van der Waals surface area contributed by atoms with E-state index < -0.39 is 10.0 Å². The average Bonchev–Trinajstić information content (AvgIpc) is 2.72. The van der Waals surface area contributed by atoms with Crippen LogP contribution in [0.25, 0.3) is 0 Å². The van der Waals surface area contributed by atoms with Crippen molar-refractivity contribution in [2.75, 3.05) is 5.32 Å². The number of aromatic hydroxyl groups is 2. The summed E-state index contributed by atoms with van der Waals surface area (Å²) in [7, 11) is -4.06. The van der Waals surface area contributed by atoms with Crippen LogP contribution >= 0.6 is 15.9 Å². The molecule has 0 heterocycles. The van der Waals surface area contributed by atoms with Crippen LogP contribution in [-0.4, -0.2) is 30.2 Å². The molecule has 0 bridgehead atoms. The van der Waals surface area contributed by atoms with Crippen molar-refractivity contribution in [3.63, 3.8) is 0 Å². The number of amides is 1. The molecule has 3 aromatic carbocycles. The summed E-state index contributed by atoms with van der Waals surface area (Å²) in [4.78, 5) is 13.2. The molecule has 0 saturated carbocycles. The van der Waals surface area contributed by atoms with Crippen molar-refractivity contribution in [3.8, 4) is 11.5 Å². The standard InChI is InChI=1S/C21H18BrN3O5S/c1-13(26)23-15-7-9-17(10-8-15)31(29,30)25-24-20(14-5-3-2-4-6-14)18-11-16(27)12-19(22)21(18)28/h2-12,25,27-28H,1H3,(H,23,26)/b24-20-. The zero-order valence-electron chi connectivity index (χ0n) is 16.2. The highest BCUT2D eigenvalue weighted by atomic mass is 79.9. The minimum absolute atomic E-state index is 0.0703. The molecular weight excluding hydrogens is 486 g/mol. The van der Waals surface area contributed by atoms with E-state index >= 15 is 0 Å². The van der Waals surface area contributed by atoms with E-state index in [0.29, 0.717) is 11.3 Å². The average molecular weight is 504 g/mol. The molecule has 1 amide bonds. The first-order valence-corrected chi connectivity index (χ1v) is 11.2. The number of nitrogens with one attached hydrogen (secondary N) is 2. The molecule has 3 rings (SSSR count). The molecule has 0 aliphatic carbocycles. The fourth-order valence-corrected chi connectivity index (χ4v) is 3.98. The van der Waals surface area contributed by atoms with Gasteiger partial charge >= 0.3 is 0 Å². The summed E-state index contributed by atoms with van der Waals surface area (Å²) in [6.07, 6.45) is 0.